The molecule has 126 valence electrons. The molecule has 0 aliphatic heterocycles. The number of aryl methyl sites for hydroxylation is 1. The van der Waals surface area contributed by atoms with Crippen molar-refractivity contribution < 1.29 is 9.47 Å². The molecule has 0 unspecified atom stereocenters. The fourth-order valence-electron chi connectivity index (χ4n) is 2.58. The van der Waals surface area contributed by atoms with E-state index in [1.807, 2.05) is 49.0 Å². The van der Waals surface area contributed by atoms with Gasteiger partial charge >= 0.3 is 0 Å². The van der Waals surface area contributed by atoms with Crippen molar-refractivity contribution in [2.75, 3.05) is 13.2 Å². The predicted octanol–water partition coefficient (Wildman–Crippen LogP) is 3.76. The third-order valence-electron chi connectivity index (χ3n) is 3.70. The Kier molecular flexibility index (Phi) is 4.84. The van der Waals surface area contributed by atoms with Crippen molar-refractivity contribution in [2.24, 2.45) is 0 Å². The van der Waals surface area contributed by atoms with Crippen LogP contribution >= 0.6 is 0 Å². The van der Waals surface area contributed by atoms with Gasteiger partial charge in [0.2, 0.25) is 0 Å². The van der Waals surface area contributed by atoms with Crippen LogP contribution in [0.2, 0.25) is 0 Å². The monoisotopic (exact) mass is 326 g/mol. The van der Waals surface area contributed by atoms with Crippen molar-refractivity contribution in [1.29, 1.82) is 0 Å². The summed E-state index contributed by atoms with van der Waals surface area (Å²) in [5.41, 5.74) is 1.91. The Morgan fingerprint density at radius 2 is 1.83 bits per heavy atom. The highest BCUT2D eigenvalue weighted by molar-refractivity contribution is 5.65. The number of nitrogens with one attached hydrogen (secondary N) is 1. The molecule has 0 saturated carbocycles. The number of ether oxygens (including phenoxy) is 2. The van der Waals surface area contributed by atoms with E-state index >= 15 is 0 Å². The molecule has 1 N–H and O–H groups in total. The maximum atomic E-state index is 5.69. The third-order valence-corrected chi connectivity index (χ3v) is 3.70. The molecule has 0 atom stereocenters. The molecule has 0 amide bonds. The average Bonchev–Trinajstić information content (AvgIpc) is 3.25. The van der Waals surface area contributed by atoms with Gasteiger partial charge < -0.3 is 19.0 Å². The molecular weight excluding hydrogens is 304 g/mol. The fraction of sp³-hybridized carbons (Fsp3) is 0.333. The number of aromatic amines is 1. The molecule has 2 heterocycles. The zero-order chi connectivity index (χ0) is 16.9. The molecule has 0 fully saturated rings. The molecule has 2 aromatic heterocycles. The average molecular weight is 326 g/mol. The van der Waals surface area contributed by atoms with Gasteiger partial charge in [0.05, 0.1) is 25.1 Å². The first-order valence-corrected chi connectivity index (χ1v) is 8.23. The van der Waals surface area contributed by atoms with Gasteiger partial charge in [-0.1, -0.05) is 0 Å². The van der Waals surface area contributed by atoms with E-state index < -0.39 is 0 Å². The summed E-state index contributed by atoms with van der Waals surface area (Å²) in [5, 5.41) is 0. The number of benzene rings is 1. The zero-order valence-electron chi connectivity index (χ0n) is 14.2. The van der Waals surface area contributed by atoms with E-state index in [9.17, 15) is 0 Å². The Bertz CT molecular complexity index is 807. The van der Waals surface area contributed by atoms with Crippen LogP contribution in [0.1, 0.15) is 20.8 Å². The van der Waals surface area contributed by atoms with Crippen molar-refractivity contribution in [1.82, 2.24) is 19.5 Å². The maximum Gasteiger partial charge on any atom is 0.176 e. The second-order valence-electron chi connectivity index (χ2n) is 5.21. The first-order chi connectivity index (χ1) is 11.8. The molecule has 0 aliphatic rings. The zero-order valence-corrected chi connectivity index (χ0v) is 14.2. The highest BCUT2D eigenvalue weighted by Crippen LogP contribution is 2.32. The topological polar surface area (TPSA) is 65.0 Å². The van der Waals surface area contributed by atoms with Gasteiger partial charge in [-0.25, -0.2) is 9.97 Å². The van der Waals surface area contributed by atoms with Gasteiger partial charge in [-0.15, -0.1) is 0 Å². The summed E-state index contributed by atoms with van der Waals surface area (Å²) >= 11 is 0. The van der Waals surface area contributed by atoms with Crippen LogP contribution in [0.3, 0.4) is 0 Å². The van der Waals surface area contributed by atoms with Gasteiger partial charge in [-0.05, 0) is 39.0 Å². The Hall–Kier alpha value is -2.76. The van der Waals surface area contributed by atoms with Crippen LogP contribution in [0.15, 0.2) is 36.8 Å². The minimum absolute atomic E-state index is 0.589. The molecule has 24 heavy (non-hydrogen) atoms. The fourth-order valence-corrected chi connectivity index (χ4v) is 2.58. The van der Waals surface area contributed by atoms with Gasteiger partial charge in [-0.2, -0.15) is 0 Å². The summed E-state index contributed by atoms with van der Waals surface area (Å²) in [6, 6.07) is 5.90. The van der Waals surface area contributed by atoms with Crippen molar-refractivity contribution in [3.05, 3.63) is 36.8 Å². The van der Waals surface area contributed by atoms with Gasteiger partial charge in [0.15, 0.2) is 23.1 Å². The molecule has 3 aromatic rings. The normalized spacial score (nSPS) is 10.8. The van der Waals surface area contributed by atoms with Gasteiger partial charge in [0.1, 0.15) is 0 Å². The second kappa shape index (κ2) is 7.21. The molecular formula is C18H22N4O2. The molecule has 6 heteroatoms. The lowest BCUT2D eigenvalue weighted by atomic mass is 10.1. The standard InChI is InChI=1S/C18H22N4O2/c1-4-22-10-9-19-18(22)17-20-12-14(21-17)13-7-8-15(23-5-2)16(11-13)24-6-3/h7-12H,4-6H2,1-3H3,(H,20,21). The molecule has 0 spiro atoms. The quantitative estimate of drug-likeness (QED) is 0.718. The summed E-state index contributed by atoms with van der Waals surface area (Å²) < 4.78 is 13.4. The van der Waals surface area contributed by atoms with Crippen molar-refractivity contribution in [3.8, 4) is 34.4 Å². The summed E-state index contributed by atoms with van der Waals surface area (Å²) in [6.45, 7) is 8.04. The lowest BCUT2D eigenvalue weighted by Gasteiger charge is -2.11. The number of hydrogen-bond acceptors (Lipinski definition) is 4. The van der Waals surface area contributed by atoms with Crippen molar-refractivity contribution in [2.45, 2.75) is 27.3 Å². The highest BCUT2D eigenvalue weighted by atomic mass is 16.5. The second-order valence-corrected chi connectivity index (χ2v) is 5.21. The summed E-state index contributed by atoms with van der Waals surface area (Å²) in [6.07, 6.45) is 5.54. The predicted molar refractivity (Wildman–Crippen MR) is 93.3 cm³/mol. The van der Waals surface area contributed by atoms with E-state index in [1.54, 1.807) is 6.20 Å². The molecule has 1 aromatic carbocycles. The lowest BCUT2D eigenvalue weighted by Crippen LogP contribution is -1.98. The minimum atomic E-state index is 0.589. The molecule has 0 aliphatic carbocycles. The van der Waals surface area contributed by atoms with E-state index in [0.717, 1.165) is 40.9 Å². The summed E-state index contributed by atoms with van der Waals surface area (Å²) in [5.74, 6) is 3.08. The number of nitrogens with zero attached hydrogens (tertiary/aromatic N) is 3. The van der Waals surface area contributed by atoms with Crippen molar-refractivity contribution in [3.63, 3.8) is 0 Å². The molecule has 3 rings (SSSR count). The molecule has 0 saturated heterocycles. The largest absolute Gasteiger partial charge is 0.490 e. The first kappa shape index (κ1) is 16.1. The number of hydrogen-bond donors (Lipinski definition) is 1. The van der Waals surface area contributed by atoms with Crippen LogP contribution in [0.25, 0.3) is 22.9 Å². The number of H-pyrrole nitrogens is 1. The van der Waals surface area contributed by atoms with Crippen LogP contribution in [0.4, 0.5) is 0 Å². The van der Waals surface area contributed by atoms with Crippen LogP contribution in [0.5, 0.6) is 11.5 Å². The Morgan fingerprint density at radius 1 is 1.04 bits per heavy atom. The molecule has 6 nitrogen and oxygen atoms in total. The minimum Gasteiger partial charge on any atom is -0.490 e. The Labute approximate surface area is 141 Å². The Balaban J connectivity index is 1.93. The van der Waals surface area contributed by atoms with E-state index in [4.69, 9.17) is 9.47 Å². The van der Waals surface area contributed by atoms with Crippen LogP contribution in [-0.2, 0) is 6.54 Å². The van der Waals surface area contributed by atoms with Crippen LogP contribution < -0.4 is 9.47 Å². The lowest BCUT2D eigenvalue weighted by molar-refractivity contribution is 0.288. The van der Waals surface area contributed by atoms with E-state index in [2.05, 4.69) is 21.9 Å². The summed E-state index contributed by atoms with van der Waals surface area (Å²) in [7, 11) is 0. The third kappa shape index (κ3) is 3.13. The van der Waals surface area contributed by atoms with Gasteiger partial charge in [-0.3, -0.25) is 0 Å². The maximum absolute atomic E-state index is 5.69. The van der Waals surface area contributed by atoms with Crippen LogP contribution in [-0.4, -0.2) is 32.7 Å². The number of imidazole rings is 2. The molecule has 0 radical (unpaired) electrons. The number of rotatable bonds is 7. The van der Waals surface area contributed by atoms with E-state index in [0.29, 0.717) is 13.2 Å². The summed E-state index contributed by atoms with van der Waals surface area (Å²) in [4.78, 5) is 12.2. The van der Waals surface area contributed by atoms with E-state index in [-0.39, 0.29) is 0 Å². The van der Waals surface area contributed by atoms with Gasteiger partial charge in [0.25, 0.3) is 0 Å². The molecule has 0 bridgehead atoms. The smallest absolute Gasteiger partial charge is 0.176 e. The van der Waals surface area contributed by atoms with Crippen LogP contribution in [0, 0.1) is 0 Å². The Morgan fingerprint density at radius 3 is 2.58 bits per heavy atom. The van der Waals surface area contributed by atoms with E-state index in [1.165, 1.54) is 0 Å². The number of aromatic nitrogens is 4. The van der Waals surface area contributed by atoms with Crippen molar-refractivity contribution >= 4 is 0 Å². The first-order valence-electron chi connectivity index (χ1n) is 8.23. The highest BCUT2D eigenvalue weighted by Gasteiger charge is 2.12. The SMILES string of the molecule is CCOc1ccc(-c2cnc(-c3nccn3CC)[nH]2)cc1OCC. The van der Waals surface area contributed by atoms with Gasteiger partial charge in [0, 0.05) is 24.5 Å².